The molecule has 0 heterocycles. The lowest BCUT2D eigenvalue weighted by Crippen LogP contribution is -2.15. The summed E-state index contributed by atoms with van der Waals surface area (Å²) < 4.78 is 0. The van der Waals surface area contributed by atoms with Crippen LogP contribution in [0.2, 0.25) is 0 Å². The minimum absolute atomic E-state index is 0.611. The van der Waals surface area contributed by atoms with E-state index in [1.54, 1.807) is 0 Å². The first-order valence-corrected chi connectivity index (χ1v) is 5.05. The maximum atomic E-state index is 5.66. The van der Waals surface area contributed by atoms with Gasteiger partial charge in [-0.15, -0.1) is 0 Å². The summed E-state index contributed by atoms with van der Waals surface area (Å²) >= 11 is 0. The zero-order valence-corrected chi connectivity index (χ0v) is 7.51. The molecule has 3 atom stereocenters. The number of hydrogen-bond donors (Lipinski definition) is 0. The normalized spacial score (nSPS) is 58.7. The van der Waals surface area contributed by atoms with Gasteiger partial charge in [0.15, 0.2) is 0 Å². The highest BCUT2D eigenvalue weighted by atomic mass is 35.7. The van der Waals surface area contributed by atoms with E-state index in [0.29, 0.717) is 10.8 Å². The average molecular weight is 163 g/mol. The van der Waals surface area contributed by atoms with Gasteiger partial charge < -0.3 is 0 Å². The second-order valence-electron chi connectivity index (χ2n) is 3.99. The highest BCUT2D eigenvalue weighted by Crippen LogP contribution is 2.90. The van der Waals surface area contributed by atoms with Crippen LogP contribution in [0.1, 0.15) is 20.8 Å². The van der Waals surface area contributed by atoms with Crippen LogP contribution in [0.4, 0.5) is 0 Å². The van der Waals surface area contributed by atoms with Crippen LogP contribution in [0.15, 0.2) is 0 Å². The monoisotopic (exact) mass is 162 g/mol. The summed E-state index contributed by atoms with van der Waals surface area (Å²) in [7, 11) is 7.18. The smallest absolute Gasteiger partial charge is 0.0301 e. The SMILES string of the molecule is CC1(C)[C@@H]2C(SCl)[C@]21C. The molecule has 9 heavy (non-hydrogen) atoms. The number of fused-ring (bicyclic) bond motifs is 1. The van der Waals surface area contributed by atoms with E-state index < -0.39 is 0 Å². The first-order valence-electron chi connectivity index (χ1n) is 3.34. The molecule has 0 bridgehead atoms. The molecule has 1 unspecified atom stereocenters. The molecular weight excluding hydrogens is 152 g/mol. The van der Waals surface area contributed by atoms with Gasteiger partial charge in [-0.2, -0.15) is 0 Å². The third kappa shape index (κ3) is 0.434. The van der Waals surface area contributed by atoms with Gasteiger partial charge in [0, 0.05) is 5.25 Å². The van der Waals surface area contributed by atoms with Gasteiger partial charge in [-0.1, -0.05) is 31.7 Å². The molecule has 0 N–H and O–H groups in total. The summed E-state index contributed by atoms with van der Waals surface area (Å²) in [5, 5.41) is 0.772. The second kappa shape index (κ2) is 1.31. The van der Waals surface area contributed by atoms with Crippen molar-refractivity contribution in [3.05, 3.63) is 0 Å². The van der Waals surface area contributed by atoms with Crippen molar-refractivity contribution in [2.45, 2.75) is 26.0 Å². The predicted molar refractivity (Wildman–Crippen MR) is 42.6 cm³/mol. The predicted octanol–water partition coefficient (Wildman–Crippen LogP) is 2.92. The molecule has 0 aliphatic heterocycles. The van der Waals surface area contributed by atoms with E-state index in [9.17, 15) is 0 Å². The summed E-state index contributed by atoms with van der Waals surface area (Å²) in [6, 6.07) is 0. The Balaban J connectivity index is 2.09. The first kappa shape index (κ1) is 6.36. The highest BCUT2D eigenvalue weighted by Gasteiger charge is 2.88. The lowest BCUT2D eigenvalue weighted by Gasteiger charge is -2.18. The highest BCUT2D eigenvalue weighted by molar-refractivity contribution is 8.21. The van der Waals surface area contributed by atoms with Crippen LogP contribution >= 0.6 is 21.7 Å². The summed E-state index contributed by atoms with van der Waals surface area (Å²) in [5.41, 5.74) is 1.22. The molecule has 2 heteroatoms. The van der Waals surface area contributed by atoms with Crippen molar-refractivity contribution in [2.24, 2.45) is 16.7 Å². The van der Waals surface area contributed by atoms with Crippen molar-refractivity contribution < 1.29 is 0 Å². The van der Waals surface area contributed by atoms with Gasteiger partial charge in [0.05, 0.1) is 0 Å². The molecule has 0 aromatic carbocycles. The van der Waals surface area contributed by atoms with Crippen LogP contribution < -0.4 is 0 Å². The third-order valence-corrected chi connectivity index (χ3v) is 5.14. The summed E-state index contributed by atoms with van der Waals surface area (Å²) in [5.74, 6) is 0.924. The van der Waals surface area contributed by atoms with Crippen LogP contribution in [0, 0.1) is 16.7 Å². The molecule has 2 fully saturated rings. The zero-order chi connectivity index (χ0) is 6.86. The minimum Gasteiger partial charge on any atom is -0.0590 e. The quantitative estimate of drug-likeness (QED) is 0.572. The standard InChI is InChI=1S/C7H11ClS/c1-6(2)4-5(9-8)7(4,6)3/h4-5H,1-3H3/t4-,5?,7-/m0/s1. The summed E-state index contributed by atoms with van der Waals surface area (Å²) in [6.45, 7) is 7.01. The molecule has 0 radical (unpaired) electrons. The molecule has 2 aliphatic rings. The average Bonchev–Trinajstić information content (AvgIpc) is 2.50. The van der Waals surface area contributed by atoms with Crippen LogP contribution in [0.5, 0.6) is 0 Å². The fourth-order valence-corrected chi connectivity index (χ4v) is 4.47. The van der Waals surface area contributed by atoms with E-state index in [1.807, 2.05) is 0 Å². The topological polar surface area (TPSA) is 0 Å². The van der Waals surface area contributed by atoms with Crippen molar-refractivity contribution in [1.29, 1.82) is 0 Å². The molecule has 0 nitrogen and oxygen atoms in total. The van der Waals surface area contributed by atoms with E-state index in [-0.39, 0.29) is 0 Å². The van der Waals surface area contributed by atoms with Crippen molar-refractivity contribution >= 4 is 21.7 Å². The van der Waals surface area contributed by atoms with Crippen LogP contribution in [0.25, 0.3) is 0 Å². The minimum atomic E-state index is 0.611. The maximum absolute atomic E-state index is 5.66. The van der Waals surface area contributed by atoms with Gasteiger partial charge in [-0.05, 0) is 27.4 Å². The lowest BCUT2D eigenvalue weighted by molar-refractivity contribution is 0.392. The van der Waals surface area contributed by atoms with Crippen molar-refractivity contribution in [3.63, 3.8) is 0 Å². The van der Waals surface area contributed by atoms with Crippen LogP contribution in [0.3, 0.4) is 0 Å². The van der Waals surface area contributed by atoms with E-state index in [4.69, 9.17) is 10.7 Å². The maximum Gasteiger partial charge on any atom is 0.0301 e. The summed E-state index contributed by atoms with van der Waals surface area (Å²) in [4.78, 5) is 0. The van der Waals surface area contributed by atoms with E-state index in [0.717, 1.165) is 11.2 Å². The van der Waals surface area contributed by atoms with Gasteiger partial charge in [-0.25, -0.2) is 0 Å². The Bertz CT molecular complexity index is 166. The molecule has 52 valence electrons. The number of rotatable bonds is 1. The molecule has 0 aromatic rings. The van der Waals surface area contributed by atoms with E-state index in [1.165, 1.54) is 11.0 Å². The van der Waals surface area contributed by atoms with Crippen molar-refractivity contribution in [2.75, 3.05) is 0 Å². The van der Waals surface area contributed by atoms with Crippen molar-refractivity contribution in [1.82, 2.24) is 0 Å². The second-order valence-corrected chi connectivity index (χ2v) is 5.21. The largest absolute Gasteiger partial charge is 0.0590 e. The van der Waals surface area contributed by atoms with Crippen LogP contribution in [-0.2, 0) is 0 Å². The Kier molecular flexibility index (Phi) is 0.923. The molecule has 2 rings (SSSR count). The van der Waals surface area contributed by atoms with Crippen LogP contribution in [-0.4, -0.2) is 5.25 Å². The molecule has 0 spiro atoms. The fraction of sp³-hybridized carbons (Fsp3) is 1.00. The molecule has 0 saturated heterocycles. The Morgan fingerprint density at radius 3 is 1.89 bits per heavy atom. The van der Waals surface area contributed by atoms with Gasteiger partial charge in [0.25, 0.3) is 0 Å². The van der Waals surface area contributed by atoms with E-state index in [2.05, 4.69) is 20.8 Å². The van der Waals surface area contributed by atoms with Crippen molar-refractivity contribution in [3.8, 4) is 0 Å². The molecule has 2 saturated carbocycles. The third-order valence-electron chi connectivity index (χ3n) is 3.61. The van der Waals surface area contributed by atoms with Gasteiger partial charge in [0.2, 0.25) is 0 Å². The molecule has 0 amide bonds. The first-order chi connectivity index (χ1) is 4.06. The lowest BCUT2D eigenvalue weighted by atomic mass is 9.93. The van der Waals surface area contributed by atoms with Gasteiger partial charge in [0.1, 0.15) is 0 Å². The Hall–Kier alpha value is 0.640. The molecule has 0 aromatic heterocycles. The van der Waals surface area contributed by atoms with Gasteiger partial charge >= 0.3 is 0 Å². The zero-order valence-electron chi connectivity index (χ0n) is 5.94. The summed E-state index contributed by atoms with van der Waals surface area (Å²) in [6.07, 6.45) is 0. The Labute approximate surface area is 64.8 Å². The number of hydrogen-bond acceptors (Lipinski definition) is 1. The van der Waals surface area contributed by atoms with Gasteiger partial charge in [-0.3, -0.25) is 0 Å². The Morgan fingerprint density at radius 1 is 1.33 bits per heavy atom. The Morgan fingerprint density at radius 2 is 1.78 bits per heavy atom. The molecule has 2 aliphatic carbocycles. The fourth-order valence-electron chi connectivity index (χ4n) is 2.33. The van der Waals surface area contributed by atoms with E-state index >= 15 is 0 Å². The molecular formula is C7H11ClS. The number of halogens is 1.